The predicted octanol–water partition coefficient (Wildman–Crippen LogP) is 3.04. The molecule has 1 unspecified atom stereocenters. The summed E-state index contributed by atoms with van der Waals surface area (Å²) in [7, 11) is 0. The van der Waals surface area contributed by atoms with Gasteiger partial charge in [0, 0.05) is 29.9 Å². The van der Waals surface area contributed by atoms with Crippen molar-refractivity contribution in [3.63, 3.8) is 0 Å². The van der Waals surface area contributed by atoms with Crippen molar-refractivity contribution in [2.24, 2.45) is 10.9 Å². The molecule has 1 saturated heterocycles. The van der Waals surface area contributed by atoms with Gasteiger partial charge in [0.15, 0.2) is 5.84 Å². The van der Waals surface area contributed by atoms with E-state index in [9.17, 15) is 9.59 Å². The van der Waals surface area contributed by atoms with Gasteiger partial charge in [-0.05, 0) is 55.7 Å². The van der Waals surface area contributed by atoms with Crippen molar-refractivity contribution in [3.05, 3.63) is 59.7 Å². The number of carbonyl (C=O) groups excluding carboxylic acids is 2. The van der Waals surface area contributed by atoms with E-state index in [1.807, 2.05) is 18.2 Å². The van der Waals surface area contributed by atoms with Gasteiger partial charge in [0.05, 0.1) is 5.92 Å². The summed E-state index contributed by atoms with van der Waals surface area (Å²) in [6.07, 6.45) is 2.53. The third kappa shape index (κ3) is 4.31. The lowest BCUT2D eigenvalue weighted by Crippen LogP contribution is -2.35. The summed E-state index contributed by atoms with van der Waals surface area (Å²) in [5.74, 6) is -0.451. The second-order valence-corrected chi connectivity index (χ2v) is 6.87. The Balaban J connectivity index is 1.68. The topological polar surface area (TPSA) is 108 Å². The molecule has 2 aromatic carbocycles. The molecule has 0 saturated carbocycles. The number of nitrogens with zero attached hydrogens (tertiary/aromatic N) is 2. The van der Waals surface area contributed by atoms with E-state index in [2.05, 4.69) is 10.5 Å². The normalized spacial score (nSPS) is 16.0. The molecule has 1 aliphatic rings. The fourth-order valence-electron chi connectivity index (χ4n) is 3.23. The van der Waals surface area contributed by atoms with E-state index in [1.54, 1.807) is 42.2 Å². The smallest absolute Gasteiger partial charge is 0.231 e. The van der Waals surface area contributed by atoms with Crippen molar-refractivity contribution in [2.75, 3.05) is 16.8 Å². The quantitative estimate of drug-likeness (QED) is 0.321. The second kappa shape index (κ2) is 8.56. The van der Waals surface area contributed by atoms with Crippen LogP contribution in [0, 0.1) is 0 Å². The zero-order chi connectivity index (χ0) is 20.1. The maximum absolute atomic E-state index is 12.6. The van der Waals surface area contributed by atoms with Crippen molar-refractivity contribution >= 4 is 29.0 Å². The highest BCUT2D eigenvalue weighted by molar-refractivity contribution is 5.99. The average molecular weight is 380 g/mol. The third-order valence-electron chi connectivity index (χ3n) is 4.95. The lowest BCUT2D eigenvalue weighted by atomic mass is 9.98. The van der Waals surface area contributed by atoms with E-state index >= 15 is 0 Å². The molecule has 2 amide bonds. The molecule has 1 atom stereocenters. The first kappa shape index (κ1) is 19.4. The van der Waals surface area contributed by atoms with Crippen molar-refractivity contribution in [3.8, 4) is 0 Å². The molecule has 0 aliphatic carbocycles. The highest BCUT2D eigenvalue weighted by atomic mass is 16.4. The molecular weight excluding hydrogens is 356 g/mol. The number of hydrogen-bond acceptors (Lipinski definition) is 4. The minimum absolute atomic E-state index is 0.00249. The molecule has 0 spiro atoms. The molecule has 3 rings (SSSR count). The zero-order valence-electron chi connectivity index (χ0n) is 15.8. The highest BCUT2D eigenvalue weighted by Gasteiger charge is 2.20. The fraction of sp³-hybridized carbons (Fsp3) is 0.286. The van der Waals surface area contributed by atoms with Crippen molar-refractivity contribution in [2.45, 2.75) is 32.1 Å². The zero-order valence-corrected chi connectivity index (χ0v) is 15.8. The van der Waals surface area contributed by atoms with Gasteiger partial charge >= 0.3 is 0 Å². The van der Waals surface area contributed by atoms with Crippen molar-refractivity contribution in [1.29, 1.82) is 0 Å². The van der Waals surface area contributed by atoms with E-state index < -0.39 is 5.92 Å². The van der Waals surface area contributed by atoms with Crippen LogP contribution in [0.2, 0.25) is 0 Å². The molecule has 0 radical (unpaired) electrons. The molecule has 28 heavy (non-hydrogen) atoms. The summed E-state index contributed by atoms with van der Waals surface area (Å²) >= 11 is 0. The highest BCUT2D eigenvalue weighted by Crippen LogP contribution is 2.24. The lowest BCUT2D eigenvalue weighted by Gasteiger charge is -2.27. The van der Waals surface area contributed by atoms with Crippen LogP contribution in [0.3, 0.4) is 0 Å². The molecule has 7 nitrogen and oxygen atoms in total. The number of benzene rings is 2. The maximum atomic E-state index is 12.6. The Morgan fingerprint density at radius 1 is 1.21 bits per heavy atom. The van der Waals surface area contributed by atoms with Crippen LogP contribution < -0.4 is 16.0 Å². The Kier molecular flexibility index (Phi) is 5.93. The number of hydrogen-bond donors (Lipinski definition) is 3. The van der Waals surface area contributed by atoms with Gasteiger partial charge in [-0.25, -0.2) is 0 Å². The monoisotopic (exact) mass is 380 g/mol. The minimum Gasteiger partial charge on any atom is -0.409 e. The molecular formula is C21H24N4O3. The van der Waals surface area contributed by atoms with Gasteiger partial charge in [-0.2, -0.15) is 0 Å². The maximum Gasteiger partial charge on any atom is 0.231 e. The number of anilines is 2. The van der Waals surface area contributed by atoms with Gasteiger partial charge in [-0.3, -0.25) is 9.59 Å². The summed E-state index contributed by atoms with van der Waals surface area (Å²) in [6, 6.07) is 14.3. The van der Waals surface area contributed by atoms with E-state index in [-0.39, 0.29) is 17.6 Å². The SMILES string of the molecule is CC(C(=O)Nc1ccc(N2CCCCC2=O)cc1)c1cccc(/C(N)=N/O)c1. The van der Waals surface area contributed by atoms with E-state index in [4.69, 9.17) is 10.9 Å². The van der Waals surface area contributed by atoms with Gasteiger partial charge in [-0.15, -0.1) is 0 Å². The number of oxime groups is 1. The molecule has 146 valence electrons. The Hall–Kier alpha value is -3.35. The summed E-state index contributed by atoms with van der Waals surface area (Å²) < 4.78 is 0. The van der Waals surface area contributed by atoms with Gasteiger partial charge < -0.3 is 21.2 Å². The van der Waals surface area contributed by atoms with Crippen LogP contribution in [0.5, 0.6) is 0 Å². The molecule has 4 N–H and O–H groups in total. The first-order valence-electron chi connectivity index (χ1n) is 9.28. The second-order valence-electron chi connectivity index (χ2n) is 6.87. The van der Waals surface area contributed by atoms with E-state index in [1.165, 1.54) is 0 Å². The van der Waals surface area contributed by atoms with Crippen LogP contribution in [0.1, 0.15) is 43.2 Å². The van der Waals surface area contributed by atoms with Crippen molar-refractivity contribution in [1.82, 2.24) is 0 Å². The summed E-state index contributed by atoms with van der Waals surface area (Å²) in [5, 5.41) is 14.7. The fourth-order valence-corrected chi connectivity index (χ4v) is 3.23. The molecule has 1 heterocycles. The predicted molar refractivity (Wildman–Crippen MR) is 109 cm³/mol. The first-order chi connectivity index (χ1) is 13.5. The third-order valence-corrected chi connectivity index (χ3v) is 4.95. The number of nitrogens with two attached hydrogens (primary N) is 1. The van der Waals surface area contributed by atoms with E-state index in [0.29, 0.717) is 17.7 Å². The number of rotatable bonds is 5. The number of piperidine rings is 1. The van der Waals surface area contributed by atoms with Crippen LogP contribution in [0.15, 0.2) is 53.7 Å². The molecule has 2 aromatic rings. The average Bonchev–Trinajstić information content (AvgIpc) is 2.73. The van der Waals surface area contributed by atoms with Crippen LogP contribution >= 0.6 is 0 Å². The molecule has 0 aromatic heterocycles. The van der Waals surface area contributed by atoms with Gasteiger partial charge in [0.25, 0.3) is 0 Å². The molecule has 1 fully saturated rings. The number of amides is 2. The number of amidine groups is 1. The molecule has 0 bridgehead atoms. The van der Waals surface area contributed by atoms with Gasteiger partial charge in [0.1, 0.15) is 0 Å². The molecule has 7 heteroatoms. The van der Waals surface area contributed by atoms with Gasteiger partial charge in [0.2, 0.25) is 11.8 Å². The summed E-state index contributed by atoms with van der Waals surface area (Å²) in [4.78, 5) is 26.4. The van der Waals surface area contributed by atoms with Crippen LogP contribution in [0.4, 0.5) is 11.4 Å². The Bertz CT molecular complexity index is 893. The summed E-state index contributed by atoms with van der Waals surface area (Å²) in [6.45, 7) is 2.53. The van der Waals surface area contributed by atoms with Crippen LogP contribution in [0.25, 0.3) is 0 Å². The Labute approximate surface area is 163 Å². The van der Waals surface area contributed by atoms with Crippen LogP contribution in [-0.4, -0.2) is 29.4 Å². The standard InChI is InChI=1S/C21H24N4O3/c1-14(15-5-4-6-16(13-15)20(22)24-28)21(27)23-17-8-10-18(11-9-17)25-12-3-2-7-19(25)26/h4-6,8-11,13-14,28H,2-3,7,12H2,1H3,(H2,22,24)(H,23,27). The largest absolute Gasteiger partial charge is 0.409 e. The molecule has 1 aliphatic heterocycles. The number of nitrogens with one attached hydrogen (secondary N) is 1. The summed E-state index contributed by atoms with van der Waals surface area (Å²) in [5.41, 5.74) is 8.45. The minimum atomic E-state index is -0.421. The van der Waals surface area contributed by atoms with Gasteiger partial charge in [-0.1, -0.05) is 23.4 Å². The first-order valence-corrected chi connectivity index (χ1v) is 9.28. The van der Waals surface area contributed by atoms with Crippen molar-refractivity contribution < 1.29 is 14.8 Å². The van der Waals surface area contributed by atoms with Crippen LogP contribution in [-0.2, 0) is 9.59 Å². The number of carbonyl (C=O) groups is 2. The Morgan fingerprint density at radius 2 is 1.96 bits per heavy atom. The Morgan fingerprint density at radius 3 is 2.64 bits per heavy atom. The lowest BCUT2D eigenvalue weighted by molar-refractivity contribution is -0.119. The van der Waals surface area contributed by atoms with E-state index in [0.717, 1.165) is 30.6 Å².